The molecule has 0 fully saturated rings. The van der Waals surface area contributed by atoms with E-state index in [2.05, 4.69) is 33.9 Å². The number of ketones is 1. The molecule has 24 heavy (non-hydrogen) atoms. The predicted octanol–water partition coefficient (Wildman–Crippen LogP) is 6.07. The van der Waals surface area contributed by atoms with Crippen LogP contribution in [0, 0.1) is 0 Å². The minimum atomic E-state index is -2.01. The Hall–Kier alpha value is -2.07. The van der Waals surface area contributed by atoms with Gasteiger partial charge < -0.3 is 9.16 Å². The number of ether oxygens (including phenoxy) is 1. The van der Waals surface area contributed by atoms with Crippen molar-refractivity contribution < 1.29 is 14.0 Å². The number of hydrogen-bond acceptors (Lipinski definition) is 3. The molecule has 0 aliphatic carbocycles. The Bertz CT molecular complexity index is 715. The van der Waals surface area contributed by atoms with Gasteiger partial charge in [0.2, 0.25) is 0 Å². The minimum absolute atomic E-state index is 0.0257. The van der Waals surface area contributed by atoms with E-state index in [1.807, 2.05) is 42.5 Å². The molecule has 4 heteroatoms. The number of rotatable bonds is 5. The predicted molar refractivity (Wildman–Crippen MR) is 101 cm³/mol. The van der Waals surface area contributed by atoms with E-state index in [1.165, 1.54) is 0 Å². The molecule has 0 atom stereocenters. The van der Waals surface area contributed by atoms with E-state index in [9.17, 15) is 4.79 Å². The van der Waals surface area contributed by atoms with Crippen molar-refractivity contribution in [1.29, 1.82) is 0 Å². The van der Waals surface area contributed by atoms with Crippen molar-refractivity contribution in [3.8, 4) is 17.2 Å². The van der Waals surface area contributed by atoms with Crippen LogP contribution in [0.5, 0.6) is 17.2 Å². The van der Waals surface area contributed by atoms with E-state index in [0.29, 0.717) is 17.1 Å². The summed E-state index contributed by atoms with van der Waals surface area (Å²) in [7, 11) is -2.01. The zero-order valence-electron chi connectivity index (χ0n) is 15.3. The number of benzene rings is 2. The standard InChI is InChI=1S/C20H26O3Si/c1-15(21)18-14-17(22-16-10-8-7-9-11-16)12-13-19(18)23-24(5,6)20(2,3)4/h7-14H,1-6H3. The first kappa shape index (κ1) is 18.3. The maximum absolute atomic E-state index is 12.1. The van der Waals surface area contributed by atoms with Crippen LogP contribution in [0.1, 0.15) is 38.1 Å². The second kappa shape index (κ2) is 6.81. The second-order valence-corrected chi connectivity index (χ2v) is 12.2. The van der Waals surface area contributed by atoms with E-state index >= 15 is 0 Å². The van der Waals surface area contributed by atoms with Gasteiger partial charge in [0.1, 0.15) is 17.2 Å². The zero-order valence-corrected chi connectivity index (χ0v) is 16.3. The van der Waals surface area contributed by atoms with Crippen molar-refractivity contribution in [3.05, 3.63) is 54.1 Å². The minimum Gasteiger partial charge on any atom is -0.543 e. The lowest BCUT2D eigenvalue weighted by molar-refractivity contribution is 0.101. The number of carbonyl (C=O) groups is 1. The van der Waals surface area contributed by atoms with Gasteiger partial charge in [0.25, 0.3) is 8.32 Å². The average molecular weight is 343 g/mol. The fourth-order valence-corrected chi connectivity index (χ4v) is 3.02. The van der Waals surface area contributed by atoms with Crippen molar-refractivity contribution in [2.75, 3.05) is 0 Å². The Kier molecular flexibility index (Phi) is 5.18. The number of hydrogen-bond donors (Lipinski definition) is 0. The van der Waals surface area contributed by atoms with Crippen LogP contribution in [0.2, 0.25) is 18.1 Å². The van der Waals surface area contributed by atoms with Crippen LogP contribution >= 0.6 is 0 Å². The lowest BCUT2D eigenvalue weighted by Gasteiger charge is -2.37. The highest BCUT2D eigenvalue weighted by molar-refractivity contribution is 6.74. The molecule has 2 aromatic rings. The molecule has 0 bridgehead atoms. The fourth-order valence-electron chi connectivity index (χ4n) is 1.99. The summed E-state index contributed by atoms with van der Waals surface area (Å²) in [6.07, 6.45) is 0. The SMILES string of the molecule is CC(=O)c1cc(Oc2ccccc2)ccc1O[Si](C)(C)C(C)(C)C. The summed E-state index contributed by atoms with van der Waals surface area (Å²) in [5.41, 5.74) is 0.563. The summed E-state index contributed by atoms with van der Waals surface area (Å²) in [6.45, 7) is 12.4. The third-order valence-corrected chi connectivity index (χ3v) is 8.82. The average Bonchev–Trinajstić information content (AvgIpc) is 2.48. The van der Waals surface area contributed by atoms with Crippen molar-refractivity contribution >= 4 is 14.1 Å². The quantitative estimate of drug-likeness (QED) is 0.489. The van der Waals surface area contributed by atoms with Gasteiger partial charge in [-0.1, -0.05) is 39.0 Å². The summed E-state index contributed by atoms with van der Waals surface area (Å²) >= 11 is 0. The van der Waals surface area contributed by atoms with Gasteiger partial charge >= 0.3 is 0 Å². The van der Waals surface area contributed by atoms with Crippen LogP contribution < -0.4 is 9.16 Å². The van der Waals surface area contributed by atoms with Crippen LogP contribution in [-0.2, 0) is 0 Å². The Balaban J connectivity index is 2.32. The summed E-state index contributed by atoms with van der Waals surface area (Å²) < 4.78 is 12.2. The molecule has 2 rings (SSSR count). The first-order valence-corrected chi connectivity index (χ1v) is 11.1. The lowest BCUT2D eigenvalue weighted by atomic mass is 10.1. The molecule has 0 unspecified atom stereocenters. The van der Waals surface area contributed by atoms with Crippen molar-refractivity contribution in [3.63, 3.8) is 0 Å². The van der Waals surface area contributed by atoms with Gasteiger partial charge in [0.15, 0.2) is 5.78 Å². The number of para-hydroxylation sites is 1. The number of carbonyl (C=O) groups excluding carboxylic acids is 1. The molecular formula is C20H26O3Si. The number of Topliss-reactive ketones (excluding diaryl/α,β-unsaturated/α-hetero) is 1. The van der Waals surface area contributed by atoms with Crippen molar-refractivity contribution in [2.24, 2.45) is 0 Å². The first-order valence-electron chi connectivity index (χ1n) is 8.17. The Morgan fingerprint density at radius 1 is 0.958 bits per heavy atom. The molecular weight excluding hydrogens is 316 g/mol. The van der Waals surface area contributed by atoms with Crippen molar-refractivity contribution in [1.82, 2.24) is 0 Å². The first-order chi connectivity index (χ1) is 11.1. The molecule has 0 saturated heterocycles. The van der Waals surface area contributed by atoms with Gasteiger partial charge in [-0.05, 0) is 55.4 Å². The highest BCUT2D eigenvalue weighted by Crippen LogP contribution is 2.39. The molecule has 0 saturated carbocycles. The van der Waals surface area contributed by atoms with E-state index in [-0.39, 0.29) is 10.8 Å². The smallest absolute Gasteiger partial charge is 0.250 e. The highest BCUT2D eigenvalue weighted by Gasteiger charge is 2.39. The molecule has 0 aliphatic rings. The molecule has 0 amide bonds. The molecule has 0 aromatic heterocycles. The van der Waals surface area contributed by atoms with Gasteiger partial charge in [0.05, 0.1) is 5.56 Å². The van der Waals surface area contributed by atoms with E-state index in [0.717, 1.165) is 5.75 Å². The normalized spacial score (nSPS) is 11.9. The summed E-state index contributed by atoms with van der Waals surface area (Å²) in [5, 5.41) is 0.0697. The van der Waals surface area contributed by atoms with E-state index < -0.39 is 8.32 Å². The Labute approximate surface area is 145 Å². The van der Waals surface area contributed by atoms with Crippen LogP contribution in [-0.4, -0.2) is 14.1 Å². The van der Waals surface area contributed by atoms with E-state index in [4.69, 9.17) is 9.16 Å². The van der Waals surface area contributed by atoms with Gasteiger partial charge in [-0.25, -0.2) is 0 Å². The Morgan fingerprint density at radius 2 is 1.58 bits per heavy atom. The van der Waals surface area contributed by atoms with Crippen LogP contribution in [0.3, 0.4) is 0 Å². The summed E-state index contributed by atoms with van der Waals surface area (Å²) in [4.78, 5) is 12.1. The fraction of sp³-hybridized carbons (Fsp3) is 0.350. The lowest BCUT2D eigenvalue weighted by Crippen LogP contribution is -2.44. The third kappa shape index (κ3) is 4.26. The molecule has 0 spiro atoms. The molecule has 2 aromatic carbocycles. The monoisotopic (exact) mass is 342 g/mol. The molecule has 0 aliphatic heterocycles. The topological polar surface area (TPSA) is 35.5 Å². The Morgan fingerprint density at radius 3 is 2.12 bits per heavy atom. The van der Waals surface area contributed by atoms with Gasteiger partial charge in [-0.3, -0.25) is 4.79 Å². The molecule has 0 N–H and O–H groups in total. The third-order valence-electron chi connectivity index (χ3n) is 4.48. The highest BCUT2D eigenvalue weighted by atomic mass is 28.4. The maximum Gasteiger partial charge on any atom is 0.250 e. The van der Waals surface area contributed by atoms with Crippen LogP contribution in [0.15, 0.2) is 48.5 Å². The second-order valence-electron chi connectivity index (χ2n) is 7.49. The summed E-state index contributed by atoms with van der Waals surface area (Å²) in [5.74, 6) is 2.00. The molecule has 0 radical (unpaired) electrons. The molecule has 128 valence electrons. The van der Waals surface area contributed by atoms with Gasteiger partial charge in [-0.15, -0.1) is 0 Å². The van der Waals surface area contributed by atoms with Gasteiger partial charge in [-0.2, -0.15) is 0 Å². The maximum atomic E-state index is 12.1. The molecule has 0 heterocycles. The van der Waals surface area contributed by atoms with Crippen LogP contribution in [0.4, 0.5) is 0 Å². The van der Waals surface area contributed by atoms with Crippen molar-refractivity contribution in [2.45, 2.75) is 45.8 Å². The molecule has 3 nitrogen and oxygen atoms in total. The summed E-state index contributed by atoms with van der Waals surface area (Å²) in [6, 6.07) is 15.0. The van der Waals surface area contributed by atoms with Gasteiger partial charge in [0, 0.05) is 0 Å². The largest absolute Gasteiger partial charge is 0.543 e. The van der Waals surface area contributed by atoms with Crippen LogP contribution in [0.25, 0.3) is 0 Å². The zero-order chi connectivity index (χ0) is 18.0. The van der Waals surface area contributed by atoms with E-state index in [1.54, 1.807) is 13.0 Å².